The van der Waals surface area contributed by atoms with Crippen LogP contribution in [-0.4, -0.2) is 40.7 Å². The summed E-state index contributed by atoms with van der Waals surface area (Å²) in [5.41, 5.74) is 10.0. The van der Waals surface area contributed by atoms with E-state index in [0.717, 1.165) is 42.7 Å². The summed E-state index contributed by atoms with van der Waals surface area (Å²) in [4.78, 5) is 30.1. The number of likely N-dealkylation sites (tertiary alicyclic amines) is 1. The van der Waals surface area contributed by atoms with Gasteiger partial charge in [-0.05, 0) is 51.7 Å². The van der Waals surface area contributed by atoms with Crippen molar-refractivity contribution in [1.29, 1.82) is 0 Å². The molecule has 0 bridgehead atoms. The number of benzene rings is 1. The summed E-state index contributed by atoms with van der Waals surface area (Å²) < 4.78 is 5.65. The van der Waals surface area contributed by atoms with E-state index < -0.39 is 5.60 Å². The zero-order valence-electron chi connectivity index (χ0n) is 23.5. The highest BCUT2D eigenvalue weighted by atomic mass is 16.6. The van der Waals surface area contributed by atoms with Crippen molar-refractivity contribution >= 4 is 17.6 Å². The van der Waals surface area contributed by atoms with Gasteiger partial charge in [0.2, 0.25) is 0 Å². The average molecular weight is 498 g/mol. The molecule has 6 nitrogen and oxygen atoms in total. The van der Waals surface area contributed by atoms with Crippen LogP contribution in [0.1, 0.15) is 86.1 Å². The molecule has 0 radical (unpaired) electrons. The van der Waals surface area contributed by atoms with Crippen LogP contribution < -0.4 is 5.73 Å². The fourth-order valence-corrected chi connectivity index (χ4v) is 3.97. The standard InChI is InChI=1S/C23H35N3O2.C7H12O/c1-6-11-18(24)21-19(25-16-17-12-9-8-10-13-17)14-15-26(20(21)7-2)22(27)28-23(3,4)5;1-4-6(3)7(8)5-2/h8-10,12-13,20H,6-7,11,14-16,24H2,1-5H3;5-6H,2,4H2,1,3H3/b21-18+,25-19?;. The maximum atomic E-state index is 12.8. The monoisotopic (exact) mass is 497 g/mol. The second-order valence-corrected chi connectivity index (χ2v) is 10.2. The van der Waals surface area contributed by atoms with Crippen LogP contribution in [0.3, 0.4) is 0 Å². The molecule has 0 aromatic heterocycles. The number of hydrogen-bond acceptors (Lipinski definition) is 5. The minimum absolute atomic E-state index is 0.0929. The van der Waals surface area contributed by atoms with Crippen molar-refractivity contribution in [2.45, 2.75) is 98.8 Å². The fourth-order valence-electron chi connectivity index (χ4n) is 3.97. The molecule has 1 aromatic carbocycles. The third-order valence-electron chi connectivity index (χ3n) is 6.08. The number of hydrogen-bond donors (Lipinski definition) is 1. The number of aliphatic imine (C=N–C) groups is 1. The van der Waals surface area contributed by atoms with Gasteiger partial charge in [-0.3, -0.25) is 9.79 Å². The van der Waals surface area contributed by atoms with Gasteiger partial charge in [0.15, 0.2) is 5.78 Å². The van der Waals surface area contributed by atoms with Crippen LogP contribution in [0.5, 0.6) is 0 Å². The molecule has 2 unspecified atom stereocenters. The minimum atomic E-state index is -0.518. The Balaban J connectivity index is 0.000000697. The van der Waals surface area contributed by atoms with Gasteiger partial charge < -0.3 is 15.4 Å². The highest BCUT2D eigenvalue weighted by Crippen LogP contribution is 2.28. The molecule has 1 fully saturated rings. The Bertz CT molecular complexity index is 913. The normalized spacial score (nSPS) is 19.1. The maximum Gasteiger partial charge on any atom is 0.410 e. The largest absolute Gasteiger partial charge is 0.444 e. The second-order valence-electron chi connectivity index (χ2n) is 10.2. The van der Waals surface area contributed by atoms with Gasteiger partial charge in [-0.25, -0.2) is 4.79 Å². The predicted molar refractivity (Wildman–Crippen MR) is 150 cm³/mol. The molecule has 0 spiro atoms. The first-order valence-electron chi connectivity index (χ1n) is 13.2. The molecule has 36 heavy (non-hydrogen) atoms. The first-order valence-corrected chi connectivity index (χ1v) is 13.2. The van der Waals surface area contributed by atoms with E-state index >= 15 is 0 Å². The van der Waals surface area contributed by atoms with Crippen molar-refractivity contribution in [2.24, 2.45) is 16.6 Å². The van der Waals surface area contributed by atoms with Crippen LogP contribution in [0.15, 0.2) is 59.2 Å². The number of ketones is 1. The number of amides is 1. The lowest BCUT2D eigenvalue weighted by atomic mass is 9.89. The zero-order chi connectivity index (χ0) is 27.3. The van der Waals surface area contributed by atoms with Gasteiger partial charge in [0.05, 0.1) is 12.6 Å². The van der Waals surface area contributed by atoms with Gasteiger partial charge in [-0.15, -0.1) is 0 Å². The van der Waals surface area contributed by atoms with E-state index in [2.05, 4.69) is 32.6 Å². The number of nitrogens with zero attached hydrogens (tertiary/aromatic N) is 2. The summed E-state index contributed by atoms with van der Waals surface area (Å²) >= 11 is 0. The average Bonchev–Trinajstić information content (AvgIpc) is 2.85. The molecule has 1 aliphatic heterocycles. The van der Waals surface area contributed by atoms with Crippen molar-refractivity contribution in [1.82, 2.24) is 4.90 Å². The molecular weight excluding hydrogens is 450 g/mol. The van der Waals surface area contributed by atoms with Crippen LogP contribution in [-0.2, 0) is 16.1 Å². The molecule has 6 heteroatoms. The number of ether oxygens (including phenoxy) is 1. The molecule has 200 valence electrons. The van der Waals surface area contributed by atoms with Crippen molar-refractivity contribution in [3.05, 3.63) is 59.8 Å². The molecule has 2 atom stereocenters. The summed E-state index contributed by atoms with van der Waals surface area (Å²) in [6, 6.07) is 10.1. The number of rotatable bonds is 8. The minimum Gasteiger partial charge on any atom is -0.444 e. The third kappa shape index (κ3) is 10.00. The Labute approximate surface area is 218 Å². The summed E-state index contributed by atoms with van der Waals surface area (Å²) in [5.74, 6) is 0.306. The molecule has 1 aromatic rings. The predicted octanol–water partition coefficient (Wildman–Crippen LogP) is 6.85. The lowest BCUT2D eigenvalue weighted by Gasteiger charge is -2.39. The van der Waals surface area contributed by atoms with Crippen molar-refractivity contribution in [2.75, 3.05) is 6.54 Å². The quantitative estimate of drug-likeness (QED) is 0.398. The molecule has 2 N–H and O–H groups in total. The van der Waals surface area contributed by atoms with Crippen molar-refractivity contribution in [3.63, 3.8) is 0 Å². The topological polar surface area (TPSA) is 85.0 Å². The van der Waals surface area contributed by atoms with Crippen molar-refractivity contribution in [3.8, 4) is 0 Å². The van der Waals surface area contributed by atoms with Crippen LogP contribution in [0.2, 0.25) is 0 Å². The summed E-state index contributed by atoms with van der Waals surface area (Å²) in [7, 11) is 0. The van der Waals surface area contributed by atoms with Gasteiger partial charge in [0, 0.05) is 35.9 Å². The Morgan fingerprint density at radius 3 is 2.33 bits per heavy atom. The number of nitrogens with two attached hydrogens (primary N) is 1. The Kier molecular flexibility index (Phi) is 13.2. The van der Waals surface area contributed by atoms with E-state index in [9.17, 15) is 9.59 Å². The van der Waals surface area contributed by atoms with Gasteiger partial charge in [-0.2, -0.15) is 0 Å². The SMILES string of the molecule is C=CC(=O)C(C)CC.CCC/C(N)=C1/C(=NCc2ccccc2)CCN(C(=O)OC(C)(C)C)C1CC. The van der Waals surface area contributed by atoms with E-state index in [0.29, 0.717) is 19.5 Å². The highest BCUT2D eigenvalue weighted by Gasteiger charge is 2.36. The fraction of sp³-hybridized carbons (Fsp3) is 0.567. The van der Waals surface area contributed by atoms with Gasteiger partial charge in [0.25, 0.3) is 0 Å². The zero-order valence-corrected chi connectivity index (χ0v) is 23.5. The van der Waals surface area contributed by atoms with Gasteiger partial charge >= 0.3 is 6.09 Å². The van der Waals surface area contributed by atoms with Crippen LogP contribution in [0, 0.1) is 5.92 Å². The van der Waals surface area contributed by atoms with E-state index in [1.54, 1.807) is 0 Å². The third-order valence-corrected chi connectivity index (χ3v) is 6.08. The van der Waals surface area contributed by atoms with Gasteiger partial charge in [-0.1, -0.05) is 71.0 Å². The van der Waals surface area contributed by atoms with Gasteiger partial charge in [0.1, 0.15) is 5.60 Å². The Morgan fingerprint density at radius 1 is 1.22 bits per heavy atom. The summed E-state index contributed by atoms with van der Waals surface area (Å²) in [6.07, 6.45) is 5.26. The lowest BCUT2D eigenvalue weighted by Crippen LogP contribution is -2.50. The van der Waals surface area contributed by atoms with E-state index in [-0.39, 0.29) is 23.8 Å². The molecule has 0 aliphatic carbocycles. The first kappa shape index (κ1) is 31.1. The van der Waals surface area contributed by atoms with E-state index in [4.69, 9.17) is 15.5 Å². The summed E-state index contributed by atoms with van der Waals surface area (Å²) in [5, 5.41) is 0. The summed E-state index contributed by atoms with van der Waals surface area (Å²) in [6.45, 7) is 18.4. The Hall–Kier alpha value is -2.89. The highest BCUT2D eigenvalue weighted by molar-refractivity contribution is 6.03. The van der Waals surface area contributed by atoms with Crippen LogP contribution in [0.25, 0.3) is 0 Å². The molecule has 1 saturated heterocycles. The molecule has 2 rings (SSSR count). The van der Waals surface area contributed by atoms with Crippen LogP contribution >= 0.6 is 0 Å². The van der Waals surface area contributed by atoms with Crippen LogP contribution in [0.4, 0.5) is 4.79 Å². The second kappa shape index (κ2) is 15.3. The molecular formula is C30H47N3O3. The van der Waals surface area contributed by atoms with E-state index in [1.165, 1.54) is 11.6 Å². The number of allylic oxidation sites excluding steroid dienone is 2. The number of carbonyl (C=O) groups excluding carboxylic acids is 2. The first-order chi connectivity index (χ1) is 17.0. The maximum absolute atomic E-state index is 12.8. The number of piperidine rings is 1. The lowest BCUT2D eigenvalue weighted by molar-refractivity contribution is -0.117. The smallest absolute Gasteiger partial charge is 0.410 e. The van der Waals surface area contributed by atoms with E-state index in [1.807, 2.05) is 57.7 Å². The van der Waals surface area contributed by atoms with Crippen molar-refractivity contribution < 1.29 is 14.3 Å². The molecule has 1 heterocycles. The number of carbonyl (C=O) groups is 2. The Morgan fingerprint density at radius 2 is 1.86 bits per heavy atom. The molecule has 1 amide bonds. The molecule has 0 saturated carbocycles. The molecule has 1 aliphatic rings.